The monoisotopic (exact) mass is 422 g/mol. The molecule has 7 heteroatoms. The van der Waals surface area contributed by atoms with E-state index in [0.717, 1.165) is 32.4 Å². The van der Waals surface area contributed by atoms with Gasteiger partial charge in [0.05, 0.1) is 18.1 Å². The number of amides is 2. The highest BCUT2D eigenvalue weighted by Crippen LogP contribution is 2.18. The molecular formula is C24H30N4O3. The summed E-state index contributed by atoms with van der Waals surface area (Å²) in [5, 5.41) is 16.7. The molecule has 2 unspecified atom stereocenters. The number of hydrogen-bond acceptors (Lipinski definition) is 5. The summed E-state index contributed by atoms with van der Waals surface area (Å²) in [5.41, 5.74) is 3.57. The lowest BCUT2D eigenvalue weighted by Gasteiger charge is -2.30. The Morgan fingerprint density at radius 3 is 2.65 bits per heavy atom. The molecule has 164 valence electrons. The van der Waals surface area contributed by atoms with Crippen LogP contribution in [-0.2, 0) is 24.2 Å². The van der Waals surface area contributed by atoms with Gasteiger partial charge in [-0.1, -0.05) is 24.3 Å². The first-order valence-corrected chi connectivity index (χ1v) is 11.1. The molecule has 2 aliphatic heterocycles. The maximum absolute atomic E-state index is 12.5. The van der Waals surface area contributed by atoms with Crippen LogP contribution in [-0.4, -0.2) is 58.6 Å². The van der Waals surface area contributed by atoms with Crippen LogP contribution in [0.15, 0.2) is 42.6 Å². The van der Waals surface area contributed by atoms with E-state index in [1.807, 2.05) is 17.0 Å². The zero-order valence-corrected chi connectivity index (χ0v) is 17.7. The van der Waals surface area contributed by atoms with Gasteiger partial charge in [0.2, 0.25) is 5.91 Å². The van der Waals surface area contributed by atoms with Crippen molar-refractivity contribution in [2.45, 2.75) is 50.8 Å². The lowest BCUT2D eigenvalue weighted by molar-refractivity contribution is -0.131. The number of carbonyl (C=O) groups excluding carboxylic acids is 2. The summed E-state index contributed by atoms with van der Waals surface area (Å²) >= 11 is 0. The van der Waals surface area contributed by atoms with E-state index in [1.54, 1.807) is 12.1 Å². The van der Waals surface area contributed by atoms with Gasteiger partial charge in [-0.25, -0.2) is 0 Å². The molecule has 1 saturated heterocycles. The average Bonchev–Trinajstić information content (AvgIpc) is 2.83. The number of benzene rings is 1. The lowest BCUT2D eigenvalue weighted by Crippen LogP contribution is -2.49. The van der Waals surface area contributed by atoms with Crippen LogP contribution in [0.25, 0.3) is 0 Å². The van der Waals surface area contributed by atoms with Crippen LogP contribution in [0.2, 0.25) is 0 Å². The van der Waals surface area contributed by atoms with Crippen LogP contribution in [0.4, 0.5) is 0 Å². The van der Waals surface area contributed by atoms with Gasteiger partial charge in [0.1, 0.15) is 0 Å². The molecule has 0 spiro atoms. The molecule has 1 fully saturated rings. The number of rotatable bonds is 6. The Morgan fingerprint density at radius 1 is 1.13 bits per heavy atom. The number of nitrogens with zero attached hydrogens (tertiary/aromatic N) is 2. The van der Waals surface area contributed by atoms with Crippen molar-refractivity contribution in [1.29, 1.82) is 0 Å². The first-order valence-electron chi connectivity index (χ1n) is 11.1. The van der Waals surface area contributed by atoms with E-state index in [-0.39, 0.29) is 30.8 Å². The third kappa shape index (κ3) is 5.48. The molecular weight excluding hydrogens is 392 g/mol. The van der Waals surface area contributed by atoms with Gasteiger partial charge < -0.3 is 20.6 Å². The van der Waals surface area contributed by atoms with Gasteiger partial charge in [-0.15, -0.1) is 0 Å². The fourth-order valence-electron chi connectivity index (χ4n) is 4.27. The number of carbonyl (C=O) groups is 2. The molecule has 0 radical (unpaired) electrons. The highest BCUT2D eigenvalue weighted by atomic mass is 16.3. The first kappa shape index (κ1) is 21.5. The number of hydrogen-bond donors (Lipinski definition) is 3. The van der Waals surface area contributed by atoms with E-state index in [0.29, 0.717) is 17.8 Å². The maximum atomic E-state index is 12.5. The molecule has 7 nitrogen and oxygen atoms in total. The van der Waals surface area contributed by atoms with E-state index in [1.165, 1.54) is 23.7 Å². The quantitative estimate of drug-likeness (QED) is 0.655. The van der Waals surface area contributed by atoms with Crippen molar-refractivity contribution in [3.8, 4) is 0 Å². The Kier molecular flexibility index (Phi) is 6.94. The van der Waals surface area contributed by atoms with Crippen molar-refractivity contribution in [2.24, 2.45) is 0 Å². The van der Waals surface area contributed by atoms with Crippen molar-refractivity contribution in [3.63, 3.8) is 0 Å². The molecule has 0 aliphatic carbocycles. The lowest BCUT2D eigenvalue weighted by atomic mass is 9.93. The Labute approximate surface area is 182 Å². The number of aliphatic hydroxyl groups excluding tert-OH is 1. The minimum absolute atomic E-state index is 0.0917. The molecule has 3 heterocycles. The third-order valence-corrected chi connectivity index (χ3v) is 6.18. The van der Waals surface area contributed by atoms with Gasteiger partial charge >= 0.3 is 0 Å². The van der Waals surface area contributed by atoms with Crippen molar-refractivity contribution in [3.05, 3.63) is 65.0 Å². The maximum Gasteiger partial charge on any atom is 0.252 e. The standard InChI is InChI=1S/C24H30N4O3/c29-22(21-12-17-6-2-3-7-18(17)14-26-21)16-27-24(31)19-8-9-20(25-15-19)13-23(30)28-10-4-1-5-11-28/h2-3,6-9,15,21-22,26,29H,1,4-5,10-14,16H2,(H,27,31). The molecule has 1 aromatic carbocycles. The molecule has 0 saturated carbocycles. The predicted molar refractivity (Wildman–Crippen MR) is 117 cm³/mol. The number of piperidine rings is 1. The highest BCUT2D eigenvalue weighted by Gasteiger charge is 2.24. The van der Waals surface area contributed by atoms with Crippen LogP contribution >= 0.6 is 0 Å². The Hall–Kier alpha value is -2.77. The Bertz CT molecular complexity index is 909. The van der Waals surface area contributed by atoms with Crippen molar-refractivity contribution in [1.82, 2.24) is 20.5 Å². The number of likely N-dealkylation sites (tertiary alicyclic amines) is 1. The summed E-state index contributed by atoms with van der Waals surface area (Å²) in [6, 6.07) is 11.5. The topological polar surface area (TPSA) is 94.6 Å². The summed E-state index contributed by atoms with van der Waals surface area (Å²) < 4.78 is 0. The average molecular weight is 423 g/mol. The number of nitrogens with one attached hydrogen (secondary N) is 2. The number of pyridine rings is 1. The van der Waals surface area contributed by atoms with E-state index >= 15 is 0 Å². The number of aromatic nitrogens is 1. The molecule has 31 heavy (non-hydrogen) atoms. The van der Waals surface area contributed by atoms with Crippen LogP contribution in [0.5, 0.6) is 0 Å². The first-order chi connectivity index (χ1) is 15.1. The Morgan fingerprint density at radius 2 is 1.90 bits per heavy atom. The van der Waals surface area contributed by atoms with E-state index in [9.17, 15) is 14.7 Å². The summed E-state index contributed by atoms with van der Waals surface area (Å²) in [4.78, 5) is 31.0. The van der Waals surface area contributed by atoms with Crippen molar-refractivity contribution >= 4 is 11.8 Å². The normalized spacial score (nSPS) is 19.4. The summed E-state index contributed by atoms with van der Waals surface area (Å²) in [7, 11) is 0. The molecule has 2 amide bonds. The molecule has 4 rings (SSSR count). The second kappa shape index (κ2) is 10.0. The van der Waals surface area contributed by atoms with E-state index in [4.69, 9.17) is 0 Å². The van der Waals surface area contributed by atoms with Gasteiger partial charge in [-0.3, -0.25) is 14.6 Å². The molecule has 2 aliphatic rings. The summed E-state index contributed by atoms with van der Waals surface area (Å²) in [6.07, 6.45) is 5.11. The van der Waals surface area contributed by atoms with Crippen LogP contribution in [0, 0.1) is 0 Å². The molecule has 0 bridgehead atoms. The van der Waals surface area contributed by atoms with Gasteiger partial charge in [-0.2, -0.15) is 0 Å². The SMILES string of the molecule is O=C(NCC(O)C1Cc2ccccc2CN1)c1ccc(CC(=O)N2CCCCC2)nc1. The Balaban J connectivity index is 1.25. The highest BCUT2D eigenvalue weighted by molar-refractivity contribution is 5.93. The van der Waals surface area contributed by atoms with Gasteiger partial charge in [-0.05, 0) is 48.9 Å². The molecule has 2 aromatic rings. The largest absolute Gasteiger partial charge is 0.390 e. The summed E-state index contributed by atoms with van der Waals surface area (Å²) in [6.45, 7) is 2.52. The molecule has 1 aromatic heterocycles. The van der Waals surface area contributed by atoms with Gasteiger partial charge in [0, 0.05) is 44.1 Å². The van der Waals surface area contributed by atoms with E-state index in [2.05, 4.69) is 27.8 Å². The minimum atomic E-state index is -0.688. The molecule has 2 atom stereocenters. The van der Waals surface area contributed by atoms with Crippen LogP contribution < -0.4 is 10.6 Å². The molecule has 3 N–H and O–H groups in total. The fraction of sp³-hybridized carbons (Fsp3) is 0.458. The zero-order valence-electron chi connectivity index (χ0n) is 17.7. The van der Waals surface area contributed by atoms with Crippen LogP contribution in [0.3, 0.4) is 0 Å². The van der Waals surface area contributed by atoms with Gasteiger partial charge in [0.15, 0.2) is 0 Å². The van der Waals surface area contributed by atoms with Crippen molar-refractivity contribution < 1.29 is 14.7 Å². The number of aliphatic hydroxyl groups is 1. The van der Waals surface area contributed by atoms with Gasteiger partial charge in [0.25, 0.3) is 5.91 Å². The summed E-state index contributed by atoms with van der Waals surface area (Å²) in [5.74, 6) is -0.189. The van der Waals surface area contributed by atoms with Crippen molar-refractivity contribution in [2.75, 3.05) is 19.6 Å². The smallest absolute Gasteiger partial charge is 0.252 e. The minimum Gasteiger partial charge on any atom is -0.390 e. The second-order valence-corrected chi connectivity index (χ2v) is 8.39. The van der Waals surface area contributed by atoms with Crippen LogP contribution in [0.1, 0.15) is 46.4 Å². The second-order valence-electron chi connectivity index (χ2n) is 8.39. The zero-order chi connectivity index (χ0) is 21.6. The number of fused-ring (bicyclic) bond motifs is 1. The third-order valence-electron chi connectivity index (χ3n) is 6.18. The van der Waals surface area contributed by atoms with E-state index < -0.39 is 6.10 Å². The predicted octanol–water partition coefficient (Wildman–Crippen LogP) is 1.44. The fourth-order valence-corrected chi connectivity index (χ4v) is 4.27.